The lowest BCUT2D eigenvalue weighted by atomic mass is 9.97. The number of aromatic nitrogens is 2. The lowest BCUT2D eigenvalue weighted by Crippen LogP contribution is -2.11. The van der Waals surface area contributed by atoms with E-state index in [9.17, 15) is 0 Å². The summed E-state index contributed by atoms with van der Waals surface area (Å²) in [6.07, 6.45) is 0. The summed E-state index contributed by atoms with van der Waals surface area (Å²) in [5.41, 5.74) is 0.379. The Bertz CT molecular complexity index is 606. The van der Waals surface area contributed by atoms with Crippen molar-refractivity contribution in [2.45, 2.75) is 32.8 Å². The second-order valence-electron chi connectivity index (χ2n) is 5.18. The van der Waals surface area contributed by atoms with Crippen LogP contribution in [0.4, 0.5) is 0 Å². The average Bonchev–Trinajstić information content (AvgIpc) is 2.85. The van der Waals surface area contributed by atoms with E-state index in [1.165, 1.54) is 0 Å². The van der Waals surface area contributed by atoms with E-state index < -0.39 is 0 Å². The Kier molecular flexibility index (Phi) is 3.52. The average molecular weight is 257 g/mol. The normalized spacial score (nSPS) is 11.1. The molecule has 1 aromatic carbocycles. The van der Waals surface area contributed by atoms with Gasteiger partial charge in [0.2, 0.25) is 5.89 Å². The van der Waals surface area contributed by atoms with Crippen LogP contribution in [0.25, 0.3) is 0 Å². The zero-order chi connectivity index (χ0) is 13.9. The maximum atomic E-state index is 8.79. The molecule has 0 N–H and O–H groups in total. The molecule has 1 aromatic heterocycles. The summed E-state index contributed by atoms with van der Waals surface area (Å²) in [6, 6.07) is 8.99. The van der Waals surface area contributed by atoms with Crippen LogP contribution < -0.4 is 4.74 Å². The van der Waals surface area contributed by atoms with Crippen LogP contribution >= 0.6 is 0 Å². The van der Waals surface area contributed by atoms with Crippen LogP contribution in [-0.2, 0) is 12.0 Å². The van der Waals surface area contributed by atoms with Crippen molar-refractivity contribution in [2.24, 2.45) is 0 Å². The van der Waals surface area contributed by atoms with Crippen molar-refractivity contribution in [1.82, 2.24) is 10.2 Å². The minimum Gasteiger partial charge on any atom is -0.484 e. The highest BCUT2D eigenvalue weighted by atomic mass is 16.5. The molecule has 0 saturated carbocycles. The van der Waals surface area contributed by atoms with Gasteiger partial charge in [0.1, 0.15) is 5.75 Å². The van der Waals surface area contributed by atoms with Gasteiger partial charge in [-0.1, -0.05) is 26.8 Å². The van der Waals surface area contributed by atoms with Gasteiger partial charge in [-0.25, -0.2) is 0 Å². The quantitative estimate of drug-likeness (QED) is 0.845. The van der Waals surface area contributed by atoms with Crippen LogP contribution in [0, 0.1) is 11.3 Å². The molecule has 2 aromatic rings. The van der Waals surface area contributed by atoms with Crippen LogP contribution in [0.5, 0.6) is 5.75 Å². The molecule has 0 aliphatic carbocycles. The highest BCUT2D eigenvalue weighted by Crippen LogP contribution is 2.21. The zero-order valence-corrected chi connectivity index (χ0v) is 11.2. The number of rotatable bonds is 3. The molecule has 0 aliphatic rings. The van der Waals surface area contributed by atoms with Gasteiger partial charge in [0.25, 0.3) is 5.89 Å². The molecule has 0 aliphatic heterocycles. The van der Waals surface area contributed by atoms with Crippen molar-refractivity contribution in [3.63, 3.8) is 0 Å². The molecule has 0 radical (unpaired) electrons. The van der Waals surface area contributed by atoms with E-state index in [1.54, 1.807) is 24.3 Å². The lowest BCUT2D eigenvalue weighted by molar-refractivity contribution is 0.251. The molecule has 98 valence electrons. The minimum atomic E-state index is -0.175. The van der Waals surface area contributed by atoms with Crippen molar-refractivity contribution in [1.29, 1.82) is 5.26 Å². The van der Waals surface area contributed by atoms with E-state index in [4.69, 9.17) is 14.4 Å². The highest BCUT2D eigenvalue weighted by molar-refractivity contribution is 5.36. The van der Waals surface area contributed by atoms with Gasteiger partial charge in [-0.2, -0.15) is 5.26 Å². The van der Waals surface area contributed by atoms with Gasteiger partial charge >= 0.3 is 0 Å². The summed E-state index contributed by atoms with van der Waals surface area (Å²) >= 11 is 0. The van der Waals surface area contributed by atoms with Crippen molar-refractivity contribution in [3.05, 3.63) is 41.6 Å². The van der Waals surface area contributed by atoms with E-state index in [0.29, 0.717) is 23.1 Å². The Morgan fingerprint density at radius 2 is 2.11 bits per heavy atom. The van der Waals surface area contributed by atoms with Crippen LogP contribution in [0.15, 0.2) is 28.7 Å². The number of ether oxygens (including phenoxy) is 1. The number of benzene rings is 1. The zero-order valence-electron chi connectivity index (χ0n) is 11.2. The predicted molar refractivity (Wildman–Crippen MR) is 68.5 cm³/mol. The van der Waals surface area contributed by atoms with Crippen LogP contribution in [-0.4, -0.2) is 10.2 Å². The van der Waals surface area contributed by atoms with Gasteiger partial charge in [-0.05, 0) is 18.2 Å². The molecule has 0 fully saturated rings. The summed E-state index contributed by atoms with van der Waals surface area (Å²) in [5.74, 6) is 1.61. The number of hydrogen-bond acceptors (Lipinski definition) is 5. The van der Waals surface area contributed by atoms with E-state index in [1.807, 2.05) is 20.8 Å². The molecule has 0 bridgehead atoms. The second-order valence-corrected chi connectivity index (χ2v) is 5.18. The minimum absolute atomic E-state index is 0.175. The van der Waals surface area contributed by atoms with Crippen molar-refractivity contribution >= 4 is 0 Å². The number of nitrogens with zero attached hydrogens (tertiary/aromatic N) is 3. The van der Waals surface area contributed by atoms with Crippen LogP contribution in [0.2, 0.25) is 0 Å². The third kappa shape index (κ3) is 3.32. The van der Waals surface area contributed by atoms with Crippen molar-refractivity contribution in [3.8, 4) is 11.8 Å². The molecule has 0 amide bonds. The largest absolute Gasteiger partial charge is 0.484 e. The molecule has 1 heterocycles. The van der Waals surface area contributed by atoms with Crippen LogP contribution in [0.3, 0.4) is 0 Å². The third-order valence-corrected chi connectivity index (χ3v) is 2.43. The fraction of sp³-hybridized carbons (Fsp3) is 0.357. The first kappa shape index (κ1) is 13.1. The van der Waals surface area contributed by atoms with Gasteiger partial charge in [-0.3, -0.25) is 0 Å². The maximum absolute atomic E-state index is 8.79. The Morgan fingerprint density at radius 1 is 1.32 bits per heavy atom. The number of hydrogen-bond donors (Lipinski definition) is 0. The van der Waals surface area contributed by atoms with E-state index >= 15 is 0 Å². The summed E-state index contributed by atoms with van der Waals surface area (Å²) in [7, 11) is 0. The smallest absolute Gasteiger partial charge is 0.253 e. The molecule has 0 unspecified atom stereocenters. The molecule has 2 rings (SSSR count). The fourth-order valence-electron chi connectivity index (χ4n) is 1.42. The molecular weight excluding hydrogens is 242 g/mol. The second kappa shape index (κ2) is 5.11. The summed E-state index contributed by atoms with van der Waals surface area (Å²) in [5, 5.41) is 16.7. The third-order valence-electron chi connectivity index (χ3n) is 2.43. The molecule has 0 spiro atoms. The Balaban J connectivity index is 2.03. The molecule has 5 heteroatoms. The summed E-state index contributed by atoms with van der Waals surface area (Å²) in [6.45, 7) is 6.20. The molecule has 5 nitrogen and oxygen atoms in total. The summed E-state index contributed by atoms with van der Waals surface area (Å²) < 4.78 is 11.0. The number of nitriles is 1. The van der Waals surface area contributed by atoms with Crippen molar-refractivity contribution in [2.75, 3.05) is 0 Å². The fourth-order valence-corrected chi connectivity index (χ4v) is 1.42. The lowest BCUT2D eigenvalue weighted by Gasteiger charge is -2.11. The summed E-state index contributed by atoms with van der Waals surface area (Å²) in [4.78, 5) is 0. The SMILES string of the molecule is CC(C)(C)c1nnc(COc2cccc(C#N)c2)o1. The van der Waals surface area contributed by atoms with E-state index in [2.05, 4.69) is 16.3 Å². The Labute approximate surface area is 111 Å². The highest BCUT2D eigenvalue weighted by Gasteiger charge is 2.21. The van der Waals surface area contributed by atoms with Crippen LogP contribution in [0.1, 0.15) is 38.1 Å². The van der Waals surface area contributed by atoms with Gasteiger partial charge in [0, 0.05) is 5.41 Å². The molecule has 0 atom stereocenters. The first-order chi connectivity index (χ1) is 8.99. The molecular formula is C14H15N3O2. The molecule has 0 saturated heterocycles. The Morgan fingerprint density at radius 3 is 2.74 bits per heavy atom. The Hall–Kier alpha value is -2.35. The van der Waals surface area contributed by atoms with Gasteiger partial charge < -0.3 is 9.15 Å². The standard InChI is InChI=1S/C14H15N3O2/c1-14(2,3)13-17-16-12(19-13)9-18-11-6-4-5-10(7-11)8-15/h4-7H,9H2,1-3H3. The monoisotopic (exact) mass is 257 g/mol. The van der Waals surface area contributed by atoms with Crippen molar-refractivity contribution < 1.29 is 9.15 Å². The topological polar surface area (TPSA) is 71.9 Å². The first-order valence-electron chi connectivity index (χ1n) is 5.95. The van der Waals surface area contributed by atoms with E-state index in [0.717, 1.165) is 0 Å². The first-order valence-corrected chi connectivity index (χ1v) is 5.95. The maximum Gasteiger partial charge on any atom is 0.253 e. The van der Waals surface area contributed by atoms with E-state index in [-0.39, 0.29) is 12.0 Å². The van der Waals surface area contributed by atoms with Gasteiger partial charge in [-0.15, -0.1) is 10.2 Å². The molecule has 19 heavy (non-hydrogen) atoms. The predicted octanol–water partition coefficient (Wildman–Crippen LogP) is 2.82. The van der Waals surface area contributed by atoms with Gasteiger partial charge in [0.05, 0.1) is 11.6 Å². The van der Waals surface area contributed by atoms with Gasteiger partial charge in [0.15, 0.2) is 6.61 Å².